The first-order chi connectivity index (χ1) is 7.97. The molecular formula is C14H26N2O. The van der Waals surface area contributed by atoms with Gasteiger partial charge in [0.15, 0.2) is 0 Å². The van der Waals surface area contributed by atoms with Gasteiger partial charge in [0.1, 0.15) is 0 Å². The van der Waals surface area contributed by atoms with Gasteiger partial charge in [0.05, 0.1) is 0 Å². The SMILES string of the molecule is CC1(C)CC1NC(=O)CC1(CN)CCCCC1. The highest BCUT2D eigenvalue weighted by Crippen LogP contribution is 2.45. The standard InChI is InChI=1S/C14H26N2O/c1-13(2)8-11(13)16-12(17)9-14(10-15)6-4-3-5-7-14/h11H,3-10,15H2,1-2H3,(H,16,17). The minimum atomic E-state index is 0.0986. The van der Waals surface area contributed by atoms with Crippen molar-refractivity contribution in [2.45, 2.75) is 64.8 Å². The minimum Gasteiger partial charge on any atom is -0.353 e. The molecule has 0 aliphatic heterocycles. The summed E-state index contributed by atoms with van der Waals surface area (Å²) in [6.45, 7) is 5.07. The van der Waals surface area contributed by atoms with E-state index in [0.717, 1.165) is 19.3 Å². The zero-order chi connectivity index (χ0) is 12.5. The smallest absolute Gasteiger partial charge is 0.220 e. The van der Waals surface area contributed by atoms with Gasteiger partial charge in [0, 0.05) is 12.5 Å². The second kappa shape index (κ2) is 4.60. The second-order valence-electron chi connectivity index (χ2n) is 6.75. The fourth-order valence-electron chi connectivity index (χ4n) is 3.05. The summed E-state index contributed by atoms with van der Waals surface area (Å²) < 4.78 is 0. The van der Waals surface area contributed by atoms with E-state index in [2.05, 4.69) is 19.2 Å². The molecular weight excluding hydrogens is 212 g/mol. The van der Waals surface area contributed by atoms with Gasteiger partial charge in [-0.2, -0.15) is 0 Å². The molecule has 2 aliphatic rings. The van der Waals surface area contributed by atoms with Crippen LogP contribution in [0.4, 0.5) is 0 Å². The van der Waals surface area contributed by atoms with Gasteiger partial charge >= 0.3 is 0 Å². The molecule has 0 aromatic rings. The number of carbonyl (C=O) groups excluding carboxylic acids is 1. The minimum absolute atomic E-state index is 0.0986. The van der Waals surface area contributed by atoms with Crippen LogP contribution in [0.15, 0.2) is 0 Å². The molecule has 0 aromatic carbocycles. The molecule has 1 unspecified atom stereocenters. The maximum atomic E-state index is 12.0. The largest absolute Gasteiger partial charge is 0.353 e. The molecule has 2 saturated carbocycles. The van der Waals surface area contributed by atoms with Gasteiger partial charge < -0.3 is 11.1 Å². The van der Waals surface area contributed by atoms with Crippen LogP contribution in [-0.2, 0) is 4.79 Å². The molecule has 3 N–H and O–H groups in total. The molecule has 1 amide bonds. The Morgan fingerprint density at radius 3 is 2.35 bits per heavy atom. The lowest BCUT2D eigenvalue weighted by molar-refractivity contribution is -0.124. The Morgan fingerprint density at radius 2 is 1.88 bits per heavy atom. The summed E-state index contributed by atoms with van der Waals surface area (Å²) in [5, 5.41) is 3.16. The third kappa shape index (κ3) is 3.01. The van der Waals surface area contributed by atoms with E-state index >= 15 is 0 Å². The molecule has 1 atom stereocenters. The van der Waals surface area contributed by atoms with Crippen LogP contribution >= 0.6 is 0 Å². The van der Waals surface area contributed by atoms with Gasteiger partial charge in [-0.1, -0.05) is 33.1 Å². The van der Waals surface area contributed by atoms with E-state index in [4.69, 9.17) is 5.73 Å². The first-order valence-corrected chi connectivity index (χ1v) is 6.97. The molecule has 98 valence electrons. The monoisotopic (exact) mass is 238 g/mol. The van der Waals surface area contributed by atoms with Crippen molar-refractivity contribution in [3.05, 3.63) is 0 Å². The van der Waals surface area contributed by atoms with Crippen molar-refractivity contribution in [1.29, 1.82) is 0 Å². The van der Waals surface area contributed by atoms with Crippen molar-refractivity contribution in [3.63, 3.8) is 0 Å². The molecule has 0 spiro atoms. The predicted octanol–water partition coefficient (Wildman–Crippen LogP) is 2.20. The molecule has 0 saturated heterocycles. The van der Waals surface area contributed by atoms with Crippen molar-refractivity contribution < 1.29 is 4.79 Å². The van der Waals surface area contributed by atoms with E-state index in [0.29, 0.717) is 24.4 Å². The van der Waals surface area contributed by atoms with Crippen LogP contribution in [-0.4, -0.2) is 18.5 Å². The highest BCUT2D eigenvalue weighted by atomic mass is 16.1. The van der Waals surface area contributed by atoms with E-state index < -0.39 is 0 Å². The maximum absolute atomic E-state index is 12.0. The summed E-state index contributed by atoms with van der Waals surface area (Å²) in [5.74, 6) is 0.216. The lowest BCUT2D eigenvalue weighted by Gasteiger charge is -2.35. The molecule has 0 radical (unpaired) electrons. The van der Waals surface area contributed by atoms with E-state index in [1.54, 1.807) is 0 Å². The van der Waals surface area contributed by atoms with Crippen LogP contribution in [0.25, 0.3) is 0 Å². The zero-order valence-corrected chi connectivity index (χ0v) is 11.2. The van der Waals surface area contributed by atoms with Crippen LogP contribution in [0, 0.1) is 10.8 Å². The van der Waals surface area contributed by atoms with Gasteiger partial charge in [-0.15, -0.1) is 0 Å². The van der Waals surface area contributed by atoms with Crippen LogP contribution in [0.1, 0.15) is 58.8 Å². The quantitative estimate of drug-likeness (QED) is 0.789. The lowest BCUT2D eigenvalue weighted by atomic mass is 9.71. The summed E-state index contributed by atoms with van der Waals surface area (Å²) in [4.78, 5) is 12.0. The van der Waals surface area contributed by atoms with Gasteiger partial charge in [-0.25, -0.2) is 0 Å². The predicted molar refractivity (Wildman–Crippen MR) is 69.5 cm³/mol. The average molecular weight is 238 g/mol. The highest BCUT2D eigenvalue weighted by Gasteiger charge is 2.47. The third-order valence-electron chi connectivity index (χ3n) is 4.73. The van der Waals surface area contributed by atoms with Crippen molar-refractivity contribution in [1.82, 2.24) is 5.32 Å². The van der Waals surface area contributed by atoms with E-state index in [9.17, 15) is 4.79 Å². The number of hydrogen-bond acceptors (Lipinski definition) is 2. The van der Waals surface area contributed by atoms with Gasteiger partial charge in [-0.05, 0) is 36.6 Å². The maximum Gasteiger partial charge on any atom is 0.220 e. The Hall–Kier alpha value is -0.570. The van der Waals surface area contributed by atoms with Crippen LogP contribution in [0.3, 0.4) is 0 Å². The van der Waals surface area contributed by atoms with Crippen LogP contribution in [0.5, 0.6) is 0 Å². The molecule has 2 aliphatic carbocycles. The lowest BCUT2D eigenvalue weighted by Crippen LogP contribution is -2.39. The van der Waals surface area contributed by atoms with Crippen molar-refractivity contribution in [2.24, 2.45) is 16.6 Å². The molecule has 3 nitrogen and oxygen atoms in total. The normalized spacial score (nSPS) is 29.7. The van der Waals surface area contributed by atoms with Crippen molar-refractivity contribution in [2.75, 3.05) is 6.54 Å². The highest BCUT2D eigenvalue weighted by molar-refractivity contribution is 5.77. The van der Waals surface area contributed by atoms with Crippen molar-refractivity contribution >= 4 is 5.91 Å². The number of nitrogens with one attached hydrogen (secondary N) is 1. The first-order valence-electron chi connectivity index (χ1n) is 6.97. The summed E-state index contributed by atoms with van der Waals surface area (Å²) in [7, 11) is 0. The van der Waals surface area contributed by atoms with Crippen molar-refractivity contribution in [3.8, 4) is 0 Å². The molecule has 3 heteroatoms. The molecule has 2 fully saturated rings. The first kappa shape index (κ1) is 12.9. The Labute approximate surface area is 105 Å². The molecule has 0 heterocycles. The van der Waals surface area contributed by atoms with Crippen LogP contribution < -0.4 is 11.1 Å². The Kier molecular flexibility index (Phi) is 3.48. The van der Waals surface area contributed by atoms with E-state index in [1.165, 1.54) is 19.3 Å². The number of amides is 1. The molecule has 17 heavy (non-hydrogen) atoms. The third-order valence-corrected chi connectivity index (χ3v) is 4.73. The number of rotatable bonds is 4. The van der Waals surface area contributed by atoms with Gasteiger partial charge in [0.25, 0.3) is 0 Å². The summed E-state index contributed by atoms with van der Waals surface area (Å²) in [6.07, 6.45) is 7.79. The zero-order valence-electron chi connectivity index (χ0n) is 11.2. The fourth-order valence-corrected chi connectivity index (χ4v) is 3.05. The molecule has 2 rings (SSSR count). The average Bonchev–Trinajstić information content (AvgIpc) is 2.87. The summed E-state index contributed by atoms with van der Waals surface area (Å²) >= 11 is 0. The van der Waals surface area contributed by atoms with Gasteiger partial charge in [-0.3, -0.25) is 4.79 Å². The number of hydrogen-bond donors (Lipinski definition) is 2. The Bertz CT molecular complexity index is 293. The molecule has 0 aromatic heterocycles. The van der Waals surface area contributed by atoms with E-state index in [-0.39, 0.29) is 11.3 Å². The number of nitrogens with two attached hydrogens (primary N) is 1. The van der Waals surface area contributed by atoms with Crippen LogP contribution in [0.2, 0.25) is 0 Å². The van der Waals surface area contributed by atoms with Gasteiger partial charge in [0.2, 0.25) is 5.91 Å². The fraction of sp³-hybridized carbons (Fsp3) is 0.929. The Balaban J connectivity index is 1.84. The Morgan fingerprint density at radius 1 is 1.29 bits per heavy atom. The van der Waals surface area contributed by atoms with E-state index in [1.807, 2.05) is 0 Å². The summed E-state index contributed by atoms with van der Waals surface area (Å²) in [5.41, 5.74) is 6.32. The summed E-state index contributed by atoms with van der Waals surface area (Å²) in [6, 6.07) is 0.397. The molecule has 0 bridgehead atoms. The number of carbonyl (C=O) groups is 1. The second-order valence-corrected chi connectivity index (χ2v) is 6.75. The topological polar surface area (TPSA) is 55.1 Å².